The number of nitrogens with one attached hydrogen (secondary N) is 1. The van der Waals surface area contributed by atoms with Gasteiger partial charge in [-0.2, -0.15) is 13.2 Å². The minimum atomic E-state index is -4.96. The molecule has 106 valence electrons. The molecule has 0 unspecified atom stereocenters. The zero-order valence-electron chi connectivity index (χ0n) is 10.5. The van der Waals surface area contributed by atoms with E-state index in [1.807, 2.05) is 5.32 Å². The van der Waals surface area contributed by atoms with Crippen LogP contribution < -0.4 is 5.32 Å². The SMILES string of the molecule is CC(C)(C)c1cc(Cl)c(Cl)cc1NC(=O)C(F)(F)F. The van der Waals surface area contributed by atoms with Crippen LogP contribution in [0.3, 0.4) is 0 Å². The maximum Gasteiger partial charge on any atom is 0.471 e. The fraction of sp³-hybridized carbons (Fsp3) is 0.417. The molecule has 19 heavy (non-hydrogen) atoms. The zero-order valence-corrected chi connectivity index (χ0v) is 12.0. The highest BCUT2D eigenvalue weighted by Crippen LogP contribution is 2.36. The highest BCUT2D eigenvalue weighted by Gasteiger charge is 2.39. The van der Waals surface area contributed by atoms with Gasteiger partial charge in [-0.15, -0.1) is 0 Å². The van der Waals surface area contributed by atoms with Gasteiger partial charge in [-0.3, -0.25) is 4.79 Å². The van der Waals surface area contributed by atoms with Gasteiger partial charge in [-0.05, 0) is 23.1 Å². The molecular weight excluding hydrogens is 302 g/mol. The molecule has 1 aromatic rings. The number of alkyl halides is 3. The third-order valence-electron chi connectivity index (χ3n) is 2.37. The number of carbonyl (C=O) groups excluding carboxylic acids is 1. The lowest BCUT2D eigenvalue weighted by Crippen LogP contribution is -2.31. The maximum atomic E-state index is 12.3. The molecule has 0 atom stereocenters. The second kappa shape index (κ2) is 5.21. The number of hydrogen-bond acceptors (Lipinski definition) is 1. The normalized spacial score (nSPS) is 12.4. The number of amides is 1. The van der Waals surface area contributed by atoms with Crippen molar-refractivity contribution in [3.63, 3.8) is 0 Å². The van der Waals surface area contributed by atoms with Crippen LogP contribution in [0.15, 0.2) is 12.1 Å². The summed E-state index contributed by atoms with van der Waals surface area (Å²) in [5.41, 5.74) is -0.0219. The van der Waals surface area contributed by atoms with E-state index in [4.69, 9.17) is 23.2 Å². The van der Waals surface area contributed by atoms with Crippen LogP contribution in [0.1, 0.15) is 26.3 Å². The lowest BCUT2D eigenvalue weighted by Gasteiger charge is -2.24. The van der Waals surface area contributed by atoms with E-state index in [9.17, 15) is 18.0 Å². The molecule has 1 rings (SSSR count). The van der Waals surface area contributed by atoms with E-state index in [1.165, 1.54) is 12.1 Å². The summed E-state index contributed by atoms with van der Waals surface area (Å²) in [7, 11) is 0. The van der Waals surface area contributed by atoms with E-state index in [-0.39, 0.29) is 15.7 Å². The van der Waals surface area contributed by atoms with Crippen LogP contribution in [0.4, 0.5) is 18.9 Å². The molecule has 0 aliphatic rings. The Bertz CT molecular complexity index is 507. The molecule has 0 saturated carbocycles. The molecule has 0 bridgehead atoms. The monoisotopic (exact) mass is 313 g/mol. The predicted molar refractivity (Wildman–Crippen MR) is 69.8 cm³/mol. The van der Waals surface area contributed by atoms with Gasteiger partial charge in [0.05, 0.1) is 10.0 Å². The van der Waals surface area contributed by atoms with Crippen molar-refractivity contribution in [1.82, 2.24) is 0 Å². The molecule has 2 nitrogen and oxygen atoms in total. The third kappa shape index (κ3) is 4.01. The molecule has 0 aliphatic heterocycles. The van der Waals surface area contributed by atoms with Crippen LogP contribution >= 0.6 is 23.2 Å². The number of benzene rings is 1. The van der Waals surface area contributed by atoms with E-state index < -0.39 is 17.5 Å². The minimum Gasteiger partial charge on any atom is -0.318 e. The standard InChI is InChI=1S/C12H12Cl2F3NO/c1-11(2,3)6-4-7(13)8(14)5-9(6)18-10(19)12(15,16)17/h4-5H,1-3H3,(H,18,19). The Morgan fingerprint density at radius 3 is 2.00 bits per heavy atom. The first-order valence-electron chi connectivity index (χ1n) is 5.30. The molecule has 7 heteroatoms. The van der Waals surface area contributed by atoms with Crippen LogP contribution in [-0.2, 0) is 10.2 Å². The highest BCUT2D eigenvalue weighted by atomic mass is 35.5. The summed E-state index contributed by atoms with van der Waals surface area (Å²) in [6, 6.07) is 2.67. The van der Waals surface area contributed by atoms with Crippen molar-refractivity contribution in [2.75, 3.05) is 5.32 Å². The van der Waals surface area contributed by atoms with Gasteiger partial charge < -0.3 is 5.32 Å². The first kappa shape index (κ1) is 16.1. The Labute approximate surface area is 118 Å². The Morgan fingerprint density at radius 2 is 1.58 bits per heavy atom. The van der Waals surface area contributed by atoms with Gasteiger partial charge in [0.15, 0.2) is 0 Å². The van der Waals surface area contributed by atoms with E-state index in [0.29, 0.717) is 5.56 Å². The van der Waals surface area contributed by atoms with E-state index in [1.54, 1.807) is 20.8 Å². The summed E-state index contributed by atoms with van der Waals surface area (Å²) < 4.78 is 36.8. The lowest BCUT2D eigenvalue weighted by molar-refractivity contribution is -0.167. The van der Waals surface area contributed by atoms with E-state index in [2.05, 4.69) is 0 Å². The number of halogens is 5. The fourth-order valence-electron chi connectivity index (χ4n) is 1.46. The predicted octanol–water partition coefficient (Wildman–Crippen LogP) is 4.79. The summed E-state index contributed by atoms with van der Waals surface area (Å²) in [6.07, 6.45) is -4.96. The Balaban J connectivity index is 3.27. The summed E-state index contributed by atoms with van der Waals surface area (Å²) in [5, 5.41) is 2.11. The molecule has 0 aromatic heterocycles. The highest BCUT2D eigenvalue weighted by molar-refractivity contribution is 6.42. The lowest BCUT2D eigenvalue weighted by atomic mass is 9.85. The van der Waals surface area contributed by atoms with Crippen molar-refractivity contribution in [2.45, 2.75) is 32.4 Å². The molecule has 0 fully saturated rings. The topological polar surface area (TPSA) is 29.1 Å². The summed E-state index contributed by atoms with van der Waals surface area (Å²) in [4.78, 5) is 11.0. The average Bonchev–Trinajstić information content (AvgIpc) is 2.19. The molecule has 1 aromatic carbocycles. The third-order valence-corrected chi connectivity index (χ3v) is 3.10. The van der Waals surface area contributed by atoms with Gasteiger partial charge in [0.25, 0.3) is 0 Å². The molecule has 1 amide bonds. The first-order chi connectivity index (χ1) is 8.43. The van der Waals surface area contributed by atoms with Gasteiger partial charge >= 0.3 is 12.1 Å². The van der Waals surface area contributed by atoms with Crippen molar-refractivity contribution in [3.8, 4) is 0 Å². The van der Waals surface area contributed by atoms with E-state index >= 15 is 0 Å². The Morgan fingerprint density at radius 1 is 1.11 bits per heavy atom. The van der Waals surface area contributed by atoms with Gasteiger partial charge in [-0.25, -0.2) is 0 Å². The molecule has 0 aliphatic carbocycles. The van der Waals surface area contributed by atoms with Gasteiger partial charge in [0, 0.05) is 5.69 Å². The number of hydrogen-bond donors (Lipinski definition) is 1. The van der Waals surface area contributed by atoms with Crippen LogP contribution in [0.25, 0.3) is 0 Å². The molecule has 0 saturated heterocycles. The maximum absolute atomic E-state index is 12.3. The Hall–Kier alpha value is -0.940. The van der Waals surface area contributed by atoms with Crippen molar-refractivity contribution in [3.05, 3.63) is 27.7 Å². The Kier molecular flexibility index (Phi) is 4.42. The van der Waals surface area contributed by atoms with Gasteiger partial charge in [0.2, 0.25) is 0 Å². The van der Waals surface area contributed by atoms with Crippen molar-refractivity contribution < 1.29 is 18.0 Å². The van der Waals surface area contributed by atoms with Crippen LogP contribution in [0.5, 0.6) is 0 Å². The largest absolute Gasteiger partial charge is 0.471 e. The number of carbonyl (C=O) groups is 1. The summed E-state index contributed by atoms with van der Waals surface area (Å²) in [5.74, 6) is -2.05. The second-order valence-corrected chi connectivity index (χ2v) is 5.83. The summed E-state index contributed by atoms with van der Waals surface area (Å²) >= 11 is 11.6. The molecule has 0 radical (unpaired) electrons. The van der Waals surface area contributed by atoms with Crippen LogP contribution in [0.2, 0.25) is 10.0 Å². The minimum absolute atomic E-state index is 0.00391. The van der Waals surface area contributed by atoms with Crippen molar-refractivity contribution >= 4 is 34.8 Å². The molecule has 1 N–H and O–H groups in total. The van der Waals surface area contributed by atoms with Crippen LogP contribution in [-0.4, -0.2) is 12.1 Å². The van der Waals surface area contributed by atoms with E-state index in [0.717, 1.165) is 0 Å². The molecule has 0 heterocycles. The number of rotatable bonds is 1. The molecular formula is C12H12Cl2F3NO. The average molecular weight is 314 g/mol. The summed E-state index contributed by atoms with van der Waals surface area (Å²) in [6.45, 7) is 5.36. The van der Waals surface area contributed by atoms with Crippen molar-refractivity contribution in [1.29, 1.82) is 0 Å². The quantitative estimate of drug-likeness (QED) is 0.793. The van der Waals surface area contributed by atoms with Gasteiger partial charge in [-0.1, -0.05) is 44.0 Å². The van der Waals surface area contributed by atoms with Crippen LogP contribution in [0, 0.1) is 0 Å². The van der Waals surface area contributed by atoms with Gasteiger partial charge in [0.1, 0.15) is 0 Å². The fourth-order valence-corrected chi connectivity index (χ4v) is 1.79. The number of anilines is 1. The first-order valence-corrected chi connectivity index (χ1v) is 6.06. The zero-order chi connectivity index (χ0) is 15.0. The molecule has 0 spiro atoms. The second-order valence-electron chi connectivity index (χ2n) is 5.01. The smallest absolute Gasteiger partial charge is 0.318 e. The van der Waals surface area contributed by atoms with Crippen molar-refractivity contribution in [2.24, 2.45) is 0 Å².